The summed E-state index contributed by atoms with van der Waals surface area (Å²) in [5.74, 6) is 0. The number of hydrogen-bond donors (Lipinski definition) is 2. The maximum atomic E-state index is 5.00. The van der Waals surface area contributed by atoms with Crippen molar-refractivity contribution in [3.8, 4) is 0 Å². The van der Waals surface area contributed by atoms with Crippen molar-refractivity contribution in [3.63, 3.8) is 0 Å². The second-order valence-corrected chi connectivity index (χ2v) is 4.74. The molecule has 0 heterocycles. The number of hydrazone groups is 1. The van der Waals surface area contributed by atoms with Gasteiger partial charge in [-0.2, -0.15) is 5.10 Å². The summed E-state index contributed by atoms with van der Waals surface area (Å²) in [7, 11) is 0. The van der Waals surface area contributed by atoms with Crippen LogP contribution in [0.5, 0.6) is 0 Å². The van der Waals surface area contributed by atoms with Crippen LogP contribution in [-0.4, -0.2) is 17.9 Å². The van der Waals surface area contributed by atoms with Crippen LogP contribution in [0.3, 0.4) is 0 Å². The Morgan fingerprint density at radius 3 is 2.50 bits per heavy atom. The van der Waals surface area contributed by atoms with Gasteiger partial charge in [-0.3, -0.25) is 5.43 Å². The lowest BCUT2D eigenvalue weighted by Crippen LogP contribution is -2.31. The molecule has 0 aromatic heterocycles. The first-order valence-electron chi connectivity index (χ1n) is 6.97. The van der Waals surface area contributed by atoms with E-state index in [0.717, 1.165) is 6.42 Å². The molecule has 104 valence electrons. The molecule has 0 unspecified atom stereocenters. The largest absolute Gasteiger partial charge is 0.358 e. The van der Waals surface area contributed by atoms with E-state index in [2.05, 4.69) is 29.3 Å². The highest BCUT2D eigenvalue weighted by Gasteiger charge is 1.90. The average molecular weight is 269 g/mol. The number of unbranched alkanes of at least 4 members (excludes halogenated alkanes) is 7. The van der Waals surface area contributed by atoms with E-state index in [1.54, 1.807) is 6.08 Å². The summed E-state index contributed by atoms with van der Waals surface area (Å²) in [5.41, 5.74) is 2.78. The molecule has 0 fully saturated rings. The van der Waals surface area contributed by atoms with Gasteiger partial charge in [-0.1, -0.05) is 51.5 Å². The molecule has 0 saturated heterocycles. The summed E-state index contributed by atoms with van der Waals surface area (Å²) < 4.78 is 0. The molecular formula is C14H27N3S. The molecule has 0 saturated carbocycles. The van der Waals surface area contributed by atoms with Gasteiger partial charge < -0.3 is 5.32 Å². The van der Waals surface area contributed by atoms with Crippen molar-refractivity contribution in [1.82, 2.24) is 10.7 Å². The van der Waals surface area contributed by atoms with Crippen molar-refractivity contribution in [3.05, 3.63) is 12.7 Å². The fourth-order valence-electron chi connectivity index (χ4n) is 1.57. The Hall–Kier alpha value is -0.900. The Morgan fingerprint density at radius 1 is 1.17 bits per heavy atom. The van der Waals surface area contributed by atoms with Crippen LogP contribution in [0.1, 0.15) is 58.3 Å². The topological polar surface area (TPSA) is 36.4 Å². The van der Waals surface area contributed by atoms with Crippen LogP contribution in [0.4, 0.5) is 0 Å². The van der Waals surface area contributed by atoms with Crippen molar-refractivity contribution in [2.75, 3.05) is 6.54 Å². The predicted molar refractivity (Wildman–Crippen MR) is 85.0 cm³/mol. The Morgan fingerprint density at radius 2 is 1.83 bits per heavy atom. The number of nitrogens with zero attached hydrogens (tertiary/aromatic N) is 1. The molecule has 0 aliphatic heterocycles. The van der Waals surface area contributed by atoms with Crippen molar-refractivity contribution in [2.24, 2.45) is 5.10 Å². The maximum Gasteiger partial charge on any atom is 0.187 e. The molecule has 0 aromatic rings. The third-order valence-corrected chi connectivity index (χ3v) is 2.84. The second-order valence-electron chi connectivity index (χ2n) is 4.33. The van der Waals surface area contributed by atoms with E-state index in [1.807, 2.05) is 6.21 Å². The highest BCUT2D eigenvalue weighted by atomic mass is 32.1. The zero-order valence-electron chi connectivity index (χ0n) is 11.6. The first kappa shape index (κ1) is 17.1. The van der Waals surface area contributed by atoms with Crippen LogP contribution in [-0.2, 0) is 0 Å². The molecule has 0 aromatic carbocycles. The van der Waals surface area contributed by atoms with Gasteiger partial charge in [0.25, 0.3) is 0 Å². The van der Waals surface area contributed by atoms with E-state index in [-0.39, 0.29) is 0 Å². The molecule has 0 spiro atoms. The zero-order chi connectivity index (χ0) is 13.5. The molecule has 0 bridgehead atoms. The molecule has 4 heteroatoms. The normalized spacial score (nSPS) is 10.5. The highest BCUT2D eigenvalue weighted by Crippen LogP contribution is 2.07. The lowest BCUT2D eigenvalue weighted by Gasteiger charge is -2.03. The van der Waals surface area contributed by atoms with Crippen molar-refractivity contribution in [2.45, 2.75) is 58.3 Å². The molecule has 0 radical (unpaired) electrons. The molecule has 0 amide bonds. The van der Waals surface area contributed by atoms with E-state index >= 15 is 0 Å². The van der Waals surface area contributed by atoms with Crippen LogP contribution < -0.4 is 10.7 Å². The van der Waals surface area contributed by atoms with Gasteiger partial charge >= 0.3 is 0 Å². The molecule has 3 nitrogen and oxygen atoms in total. The Bertz CT molecular complexity index is 239. The number of hydrogen-bond acceptors (Lipinski definition) is 2. The van der Waals surface area contributed by atoms with Crippen molar-refractivity contribution in [1.29, 1.82) is 0 Å². The Balaban J connectivity index is 3.22. The monoisotopic (exact) mass is 269 g/mol. The van der Waals surface area contributed by atoms with E-state index in [1.165, 1.54) is 44.9 Å². The summed E-state index contributed by atoms with van der Waals surface area (Å²) in [5, 5.41) is 7.56. The molecule has 0 rings (SSSR count). The quantitative estimate of drug-likeness (QED) is 0.197. The summed E-state index contributed by atoms with van der Waals surface area (Å²) in [4.78, 5) is 0. The van der Waals surface area contributed by atoms with Gasteiger partial charge in [0.15, 0.2) is 5.11 Å². The fraction of sp³-hybridized carbons (Fsp3) is 0.714. The van der Waals surface area contributed by atoms with Gasteiger partial charge in [-0.05, 0) is 25.1 Å². The number of rotatable bonds is 11. The smallest absolute Gasteiger partial charge is 0.187 e. The average Bonchev–Trinajstić information content (AvgIpc) is 2.38. The van der Waals surface area contributed by atoms with Crippen LogP contribution in [0.25, 0.3) is 0 Å². The predicted octanol–water partition coefficient (Wildman–Crippen LogP) is 3.76. The molecule has 0 aliphatic rings. The zero-order valence-corrected chi connectivity index (χ0v) is 12.4. The summed E-state index contributed by atoms with van der Waals surface area (Å²) in [6, 6.07) is 0. The molecule has 2 N–H and O–H groups in total. The minimum Gasteiger partial charge on any atom is -0.358 e. The van der Waals surface area contributed by atoms with Gasteiger partial charge in [0.2, 0.25) is 0 Å². The first-order chi connectivity index (χ1) is 8.81. The SMILES string of the molecule is C=CCNC(=S)N/N=C/CCCCCCCCC. The van der Waals surface area contributed by atoms with E-state index in [9.17, 15) is 0 Å². The minimum atomic E-state index is 0.547. The van der Waals surface area contributed by atoms with Gasteiger partial charge in [0.05, 0.1) is 0 Å². The molecule has 0 atom stereocenters. The number of nitrogens with one attached hydrogen (secondary N) is 2. The van der Waals surface area contributed by atoms with Crippen LogP contribution >= 0.6 is 12.2 Å². The maximum absolute atomic E-state index is 5.00. The third kappa shape index (κ3) is 13.2. The van der Waals surface area contributed by atoms with Gasteiger partial charge in [0.1, 0.15) is 0 Å². The summed E-state index contributed by atoms with van der Waals surface area (Å²) >= 11 is 5.00. The van der Waals surface area contributed by atoms with E-state index in [0.29, 0.717) is 11.7 Å². The Labute approximate surface area is 117 Å². The number of thiocarbonyl (C=S) groups is 1. The van der Waals surface area contributed by atoms with Crippen molar-refractivity contribution < 1.29 is 0 Å². The standard InChI is InChI=1S/C14H27N3S/c1-3-5-6-7-8-9-10-11-13-16-17-14(18)15-12-4-2/h4,13H,2-3,5-12H2,1H3,(H2,15,17,18)/b16-13+. The molecule has 0 aliphatic carbocycles. The Kier molecular flexibility index (Phi) is 13.5. The van der Waals surface area contributed by atoms with Crippen LogP contribution in [0.15, 0.2) is 17.8 Å². The lowest BCUT2D eigenvalue weighted by atomic mass is 10.1. The minimum absolute atomic E-state index is 0.547. The molecule has 18 heavy (non-hydrogen) atoms. The first-order valence-corrected chi connectivity index (χ1v) is 7.38. The second kappa shape index (κ2) is 14.2. The highest BCUT2D eigenvalue weighted by molar-refractivity contribution is 7.80. The van der Waals surface area contributed by atoms with Gasteiger partial charge in [0, 0.05) is 12.8 Å². The summed E-state index contributed by atoms with van der Waals surface area (Å²) in [6.45, 7) is 6.51. The van der Waals surface area contributed by atoms with E-state index in [4.69, 9.17) is 12.2 Å². The fourth-order valence-corrected chi connectivity index (χ4v) is 1.70. The molecular weight excluding hydrogens is 242 g/mol. The van der Waals surface area contributed by atoms with E-state index < -0.39 is 0 Å². The lowest BCUT2D eigenvalue weighted by molar-refractivity contribution is 0.596. The third-order valence-electron chi connectivity index (χ3n) is 2.60. The summed E-state index contributed by atoms with van der Waals surface area (Å²) in [6.07, 6.45) is 14.0. The van der Waals surface area contributed by atoms with Crippen molar-refractivity contribution >= 4 is 23.5 Å². The van der Waals surface area contributed by atoms with Gasteiger partial charge in [-0.15, -0.1) is 6.58 Å². The van der Waals surface area contributed by atoms with Crippen LogP contribution in [0, 0.1) is 0 Å². The van der Waals surface area contributed by atoms with Crippen LogP contribution in [0.2, 0.25) is 0 Å². The van der Waals surface area contributed by atoms with Gasteiger partial charge in [-0.25, -0.2) is 0 Å².